The van der Waals surface area contributed by atoms with Gasteiger partial charge in [-0.25, -0.2) is 0 Å². The maximum atomic E-state index is 13.0. The van der Waals surface area contributed by atoms with Gasteiger partial charge in [-0.15, -0.1) is 0 Å². The fourth-order valence-corrected chi connectivity index (χ4v) is 3.36. The number of fused-ring (bicyclic) bond motifs is 1. The molecule has 1 atom stereocenters. The quantitative estimate of drug-likeness (QED) is 0.488. The molecule has 3 rings (SSSR count). The Morgan fingerprint density at radius 2 is 2.03 bits per heavy atom. The van der Waals surface area contributed by atoms with Crippen LogP contribution in [0.5, 0.6) is 5.75 Å². The zero-order valence-electron chi connectivity index (χ0n) is 17.9. The Bertz CT molecular complexity index is 1120. The van der Waals surface area contributed by atoms with E-state index in [4.69, 9.17) is 15.9 Å². The van der Waals surface area contributed by atoms with Gasteiger partial charge in [-0.3, -0.25) is 9.78 Å². The van der Waals surface area contributed by atoms with Gasteiger partial charge < -0.3 is 26.1 Å². The molecule has 31 heavy (non-hydrogen) atoms. The van der Waals surface area contributed by atoms with Crippen molar-refractivity contribution in [3.63, 3.8) is 0 Å². The molecule has 1 heterocycles. The zero-order chi connectivity index (χ0) is 22.4. The minimum absolute atomic E-state index is 0.230. The Hall–Kier alpha value is -3.71. The summed E-state index contributed by atoms with van der Waals surface area (Å²) in [5.41, 5.74) is 8.30. The van der Waals surface area contributed by atoms with Gasteiger partial charge >= 0.3 is 0 Å². The summed E-state index contributed by atoms with van der Waals surface area (Å²) in [4.78, 5) is 19.4. The minimum Gasteiger partial charge on any atom is -0.497 e. The van der Waals surface area contributed by atoms with Crippen molar-refractivity contribution in [1.82, 2.24) is 15.2 Å². The molecule has 0 fully saturated rings. The molecule has 0 bridgehead atoms. The van der Waals surface area contributed by atoms with E-state index in [1.54, 1.807) is 19.4 Å². The summed E-state index contributed by atoms with van der Waals surface area (Å²) in [6, 6.07) is 14.9. The van der Waals surface area contributed by atoms with E-state index in [-0.39, 0.29) is 11.9 Å². The number of nitrogens with zero attached hydrogens (tertiary/aromatic N) is 2. The number of ether oxygens (including phenoxy) is 1. The van der Waals surface area contributed by atoms with Gasteiger partial charge in [0.1, 0.15) is 11.4 Å². The van der Waals surface area contributed by atoms with Crippen molar-refractivity contribution < 1.29 is 9.53 Å². The first-order chi connectivity index (χ1) is 14.9. The topological polar surface area (TPSA) is 104 Å². The highest BCUT2D eigenvalue weighted by Crippen LogP contribution is 2.22. The summed E-state index contributed by atoms with van der Waals surface area (Å²) in [5.74, 6) is 0.477. The fourth-order valence-electron chi connectivity index (χ4n) is 3.36. The molecule has 0 spiro atoms. The number of rotatable bonds is 8. The van der Waals surface area contributed by atoms with Crippen LogP contribution in [0.2, 0.25) is 0 Å². The molecule has 1 amide bonds. The number of pyridine rings is 1. The minimum atomic E-state index is -0.261. The van der Waals surface area contributed by atoms with Crippen LogP contribution in [0, 0.1) is 5.41 Å². The summed E-state index contributed by atoms with van der Waals surface area (Å²) in [7, 11) is 5.54. The molecule has 1 aromatic heterocycles. The third-order valence-electron chi connectivity index (χ3n) is 4.97. The number of hydrogen-bond acceptors (Lipinski definition) is 6. The van der Waals surface area contributed by atoms with Crippen LogP contribution < -0.4 is 15.8 Å². The van der Waals surface area contributed by atoms with Gasteiger partial charge in [0, 0.05) is 36.1 Å². The van der Waals surface area contributed by atoms with Crippen LogP contribution in [-0.2, 0) is 0 Å². The van der Waals surface area contributed by atoms with Crippen molar-refractivity contribution in [2.24, 2.45) is 5.73 Å². The third-order valence-corrected chi connectivity index (χ3v) is 4.97. The summed E-state index contributed by atoms with van der Waals surface area (Å²) < 4.78 is 5.33. The number of carbonyl (C=O) groups is 1. The van der Waals surface area contributed by atoms with Crippen molar-refractivity contribution in [2.75, 3.05) is 27.7 Å². The van der Waals surface area contributed by atoms with Crippen LogP contribution in [0.25, 0.3) is 16.3 Å². The number of allylic oxidation sites excluding steroid dienone is 1. The number of carbonyl (C=O) groups excluding carboxylic acids is 1. The number of aromatic nitrogens is 1. The number of amides is 1. The summed E-state index contributed by atoms with van der Waals surface area (Å²) in [5, 5.41) is 12.3. The number of nitrogens with two attached hydrogens (primary N) is 1. The lowest BCUT2D eigenvalue weighted by Gasteiger charge is -2.23. The van der Waals surface area contributed by atoms with Gasteiger partial charge in [-0.05, 0) is 54.9 Å². The standard InChI is InChI=1S/C24H27N5O2/c1-29(2)15-23(17-5-4-6-21(10-17)31-3)28-24(30)22-11-19-9-16(20(12-25)13-26)7-8-18(19)14-27-22/h4-14,23,25H,15,26H2,1-3H3,(H,28,30)/b20-13+,25-12?. The first kappa shape index (κ1) is 22.0. The Morgan fingerprint density at radius 1 is 1.23 bits per heavy atom. The first-order valence-electron chi connectivity index (χ1n) is 9.87. The second-order valence-corrected chi connectivity index (χ2v) is 7.46. The monoisotopic (exact) mass is 417 g/mol. The number of likely N-dealkylation sites (N-methyl/N-ethyl adjacent to an activating group) is 1. The predicted molar refractivity (Wildman–Crippen MR) is 124 cm³/mol. The Morgan fingerprint density at radius 3 is 2.71 bits per heavy atom. The summed E-state index contributed by atoms with van der Waals surface area (Å²) >= 11 is 0. The van der Waals surface area contributed by atoms with E-state index in [1.807, 2.05) is 61.5 Å². The van der Waals surface area contributed by atoms with Gasteiger partial charge in [0.2, 0.25) is 0 Å². The maximum Gasteiger partial charge on any atom is 0.270 e. The van der Waals surface area contributed by atoms with Crippen LogP contribution in [0.3, 0.4) is 0 Å². The molecule has 4 N–H and O–H groups in total. The van der Waals surface area contributed by atoms with Crippen LogP contribution in [0.1, 0.15) is 27.7 Å². The second kappa shape index (κ2) is 9.86. The Labute approximate surface area is 182 Å². The van der Waals surface area contributed by atoms with Crippen molar-refractivity contribution in [3.05, 3.63) is 77.7 Å². The average Bonchev–Trinajstić information content (AvgIpc) is 2.78. The maximum absolute atomic E-state index is 13.0. The number of hydrogen-bond donors (Lipinski definition) is 3. The number of nitrogens with one attached hydrogen (secondary N) is 2. The molecule has 2 aromatic carbocycles. The lowest BCUT2D eigenvalue weighted by Crippen LogP contribution is -2.35. The first-order valence-corrected chi connectivity index (χ1v) is 9.87. The van der Waals surface area contributed by atoms with E-state index in [0.29, 0.717) is 17.8 Å². The van der Waals surface area contributed by atoms with Crippen molar-refractivity contribution in [3.8, 4) is 5.75 Å². The molecular weight excluding hydrogens is 390 g/mol. The molecule has 0 aliphatic heterocycles. The summed E-state index contributed by atoms with van der Waals surface area (Å²) in [6.45, 7) is 0.626. The van der Waals surface area contributed by atoms with Gasteiger partial charge in [0.05, 0.1) is 13.2 Å². The number of methoxy groups -OCH3 is 1. The SMILES string of the molecule is COc1cccc(C(CN(C)C)NC(=O)c2cc3cc(/C(C=N)=C/N)ccc3cn2)c1. The molecular formula is C24H27N5O2. The van der Waals surface area contributed by atoms with E-state index < -0.39 is 0 Å². The molecule has 0 saturated heterocycles. The second-order valence-electron chi connectivity index (χ2n) is 7.46. The van der Waals surface area contributed by atoms with Crippen molar-refractivity contribution in [1.29, 1.82) is 5.41 Å². The van der Waals surface area contributed by atoms with E-state index >= 15 is 0 Å². The van der Waals surface area contributed by atoms with Crippen LogP contribution in [-0.4, -0.2) is 49.8 Å². The van der Waals surface area contributed by atoms with Gasteiger partial charge in [0.15, 0.2) is 0 Å². The molecule has 3 aromatic rings. The van der Waals surface area contributed by atoms with Gasteiger partial charge in [-0.2, -0.15) is 0 Å². The van der Waals surface area contributed by atoms with Crippen LogP contribution >= 0.6 is 0 Å². The molecule has 160 valence electrons. The average molecular weight is 418 g/mol. The highest BCUT2D eigenvalue weighted by molar-refractivity contribution is 6.09. The van der Waals surface area contributed by atoms with E-state index in [9.17, 15) is 4.79 Å². The molecule has 7 heteroatoms. The predicted octanol–water partition coefficient (Wildman–Crippen LogP) is 3.23. The van der Waals surface area contributed by atoms with Crippen LogP contribution in [0.15, 0.2) is 60.9 Å². The van der Waals surface area contributed by atoms with E-state index in [2.05, 4.69) is 10.3 Å². The Balaban J connectivity index is 1.91. The van der Waals surface area contributed by atoms with E-state index in [1.165, 1.54) is 12.4 Å². The highest BCUT2D eigenvalue weighted by Gasteiger charge is 2.18. The zero-order valence-corrected chi connectivity index (χ0v) is 17.9. The molecule has 1 unspecified atom stereocenters. The summed E-state index contributed by atoms with van der Waals surface area (Å²) in [6.07, 6.45) is 4.27. The molecule has 0 radical (unpaired) electrons. The largest absolute Gasteiger partial charge is 0.497 e. The molecule has 0 aliphatic rings. The molecule has 7 nitrogen and oxygen atoms in total. The molecule has 0 aliphatic carbocycles. The van der Waals surface area contributed by atoms with E-state index in [0.717, 1.165) is 27.6 Å². The lowest BCUT2D eigenvalue weighted by molar-refractivity contribution is 0.0925. The van der Waals surface area contributed by atoms with Crippen molar-refractivity contribution in [2.45, 2.75) is 6.04 Å². The third kappa shape index (κ3) is 5.26. The lowest BCUT2D eigenvalue weighted by atomic mass is 10.0. The smallest absolute Gasteiger partial charge is 0.270 e. The normalized spacial score (nSPS) is 12.6. The van der Waals surface area contributed by atoms with Crippen molar-refractivity contribution >= 4 is 28.5 Å². The van der Waals surface area contributed by atoms with Gasteiger partial charge in [-0.1, -0.05) is 24.3 Å². The molecule has 0 saturated carbocycles. The van der Waals surface area contributed by atoms with Gasteiger partial charge in [0.25, 0.3) is 5.91 Å². The fraction of sp³-hybridized carbons (Fsp3) is 0.208. The highest BCUT2D eigenvalue weighted by atomic mass is 16.5. The van der Waals surface area contributed by atoms with Crippen LogP contribution in [0.4, 0.5) is 0 Å². The Kier molecular flexibility index (Phi) is 6.99. The number of benzene rings is 2.